The third-order valence-corrected chi connectivity index (χ3v) is 2.69. The molecule has 84 valence electrons. The molecule has 1 nitrogen and oxygen atoms in total. The zero-order valence-corrected chi connectivity index (χ0v) is 9.82. The molecular formula is C14H22O. The molecule has 0 spiro atoms. The van der Waals surface area contributed by atoms with E-state index < -0.39 is 0 Å². The molecule has 0 aliphatic carbocycles. The molecule has 1 N–H and O–H groups in total. The molecule has 1 atom stereocenters. The van der Waals surface area contributed by atoms with Crippen molar-refractivity contribution in [2.24, 2.45) is 5.92 Å². The minimum Gasteiger partial charge on any atom is -0.393 e. The lowest BCUT2D eigenvalue weighted by molar-refractivity contribution is 0.147. The van der Waals surface area contributed by atoms with Gasteiger partial charge in [-0.1, -0.05) is 44.2 Å². The lowest BCUT2D eigenvalue weighted by atomic mass is 10.00. The van der Waals surface area contributed by atoms with Gasteiger partial charge in [-0.25, -0.2) is 0 Å². The molecule has 0 unspecified atom stereocenters. The van der Waals surface area contributed by atoms with Crippen LogP contribution in [0.25, 0.3) is 0 Å². The highest BCUT2D eigenvalue weighted by Crippen LogP contribution is 2.12. The lowest BCUT2D eigenvalue weighted by Gasteiger charge is -2.11. The highest BCUT2D eigenvalue weighted by atomic mass is 16.3. The summed E-state index contributed by atoms with van der Waals surface area (Å²) in [7, 11) is 0. The molecule has 0 aliphatic heterocycles. The van der Waals surface area contributed by atoms with Gasteiger partial charge in [0.1, 0.15) is 0 Å². The molecule has 0 heterocycles. The first-order chi connectivity index (χ1) is 7.18. The van der Waals surface area contributed by atoms with Gasteiger partial charge in [0.2, 0.25) is 0 Å². The standard InChI is InChI=1S/C14H22O/c1-12(2)8-10-14(15)11-9-13-6-4-3-5-7-13/h3-7,12,14-15H,8-11H2,1-2H3/t14-/m1/s1. The summed E-state index contributed by atoms with van der Waals surface area (Å²) in [6, 6.07) is 10.4. The van der Waals surface area contributed by atoms with Crippen LogP contribution in [0.5, 0.6) is 0 Å². The van der Waals surface area contributed by atoms with Crippen molar-refractivity contribution in [3.8, 4) is 0 Å². The van der Waals surface area contributed by atoms with Gasteiger partial charge in [0, 0.05) is 0 Å². The second-order valence-electron chi connectivity index (χ2n) is 4.65. The highest BCUT2D eigenvalue weighted by molar-refractivity contribution is 5.14. The maximum Gasteiger partial charge on any atom is 0.0543 e. The molecule has 0 fully saturated rings. The van der Waals surface area contributed by atoms with E-state index in [2.05, 4.69) is 38.1 Å². The first-order valence-corrected chi connectivity index (χ1v) is 5.90. The topological polar surface area (TPSA) is 20.2 Å². The first kappa shape index (κ1) is 12.3. The predicted molar refractivity (Wildman–Crippen MR) is 64.8 cm³/mol. The summed E-state index contributed by atoms with van der Waals surface area (Å²) in [5.74, 6) is 0.691. The van der Waals surface area contributed by atoms with Crippen LogP contribution < -0.4 is 0 Å². The van der Waals surface area contributed by atoms with E-state index in [4.69, 9.17) is 0 Å². The van der Waals surface area contributed by atoms with Crippen LogP contribution in [-0.4, -0.2) is 11.2 Å². The maximum absolute atomic E-state index is 9.76. The SMILES string of the molecule is CC(C)CC[C@@H](O)CCc1ccccc1. The van der Waals surface area contributed by atoms with E-state index in [9.17, 15) is 5.11 Å². The fraction of sp³-hybridized carbons (Fsp3) is 0.571. The Morgan fingerprint density at radius 3 is 2.27 bits per heavy atom. The summed E-state index contributed by atoms with van der Waals surface area (Å²) in [5.41, 5.74) is 1.32. The molecule has 0 amide bonds. The van der Waals surface area contributed by atoms with Gasteiger partial charge >= 0.3 is 0 Å². The Morgan fingerprint density at radius 1 is 1.00 bits per heavy atom. The van der Waals surface area contributed by atoms with Crippen LogP contribution in [0.3, 0.4) is 0 Å². The largest absolute Gasteiger partial charge is 0.393 e. The van der Waals surface area contributed by atoms with Crippen molar-refractivity contribution in [1.29, 1.82) is 0 Å². The van der Waals surface area contributed by atoms with Gasteiger partial charge in [0.15, 0.2) is 0 Å². The highest BCUT2D eigenvalue weighted by Gasteiger charge is 2.05. The zero-order valence-electron chi connectivity index (χ0n) is 9.82. The Kier molecular flexibility index (Phi) is 5.41. The Labute approximate surface area is 93.1 Å². The van der Waals surface area contributed by atoms with Gasteiger partial charge in [-0.2, -0.15) is 0 Å². The smallest absolute Gasteiger partial charge is 0.0543 e. The normalized spacial score (nSPS) is 13.1. The van der Waals surface area contributed by atoms with Gasteiger partial charge in [0.05, 0.1) is 6.10 Å². The van der Waals surface area contributed by atoms with E-state index in [1.807, 2.05) is 6.07 Å². The zero-order chi connectivity index (χ0) is 11.1. The van der Waals surface area contributed by atoms with Crippen LogP contribution >= 0.6 is 0 Å². The molecule has 0 aromatic heterocycles. The third kappa shape index (κ3) is 5.58. The molecule has 0 saturated heterocycles. The van der Waals surface area contributed by atoms with Crippen LogP contribution in [0, 0.1) is 5.92 Å². The van der Waals surface area contributed by atoms with Gasteiger partial charge in [-0.15, -0.1) is 0 Å². The van der Waals surface area contributed by atoms with Crippen LogP contribution in [0.4, 0.5) is 0 Å². The van der Waals surface area contributed by atoms with E-state index in [1.165, 1.54) is 5.56 Å². The minimum atomic E-state index is -0.132. The van der Waals surface area contributed by atoms with Crippen molar-refractivity contribution >= 4 is 0 Å². The molecule has 0 aliphatic rings. The van der Waals surface area contributed by atoms with E-state index >= 15 is 0 Å². The molecule has 1 heteroatoms. The van der Waals surface area contributed by atoms with Crippen molar-refractivity contribution in [3.05, 3.63) is 35.9 Å². The number of benzene rings is 1. The monoisotopic (exact) mass is 206 g/mol. The summed E-state index contributed by atoms with van der Waals surface area (Å²) in [6.07, 6.45) is 3.80. The second kappa shape index (κ2) is 6.62. The Hall–Kier alpha value is -0.820. The first-order valence-electron chi connectivity index (χ1n) is 5.90. The van der Waals surface area contributed by atoms with Gasteiger partial charge in [-0.05, 0) is 37.2 Å². The Bertz CT molecular complexity index is 253. The number of hydrogen-bond donors (Lipinski definition) is 1. The minimum absolute atomic E-state index is 0.132. The van der Waals surface area contributed by atoms with E-state index in [1.54, 1.807) is 0 Å². The average Bonchev–Trinajstić information content (AvgIpc) is 2.25. The van der Waals surface area contributed by atoms with Crippen molar-refractivity contribution < 1.29 is 5.11 Å². The molecule has 15 heavy (non-hydrogen) atoms. The van der Waals surface area contributed by atoms with E-state index in [0.29, 0.717) is 5.92 Å². The van der Waals surface area contributed by atoms with Gasteiger partial charge < -0.3 is 5.11 Å². The molecular weight excluding hydrogens is 184 g/mol. The predicted octanol–water partition coefficient (Wildman–Crippen LogP) is 3.42. The summed E-state index contributed by atoms with van der Waals surface area (Å²) in [4.78, 5) is 0. The van der Waals surface area contributed by atoms with Crippen LogP contribution in [-0.2, 0) is 6.42 Å². The number of rotatable bonds is 6. The van der Waals surface area contributed by atoms with Crippen LogP contribution in [0.2, 0.25) is 0 Å². The average molecular weight is 206 g/mol. The van der Waals surface area contributed by atoms with E-state index in [-0.39, 0.29) is 6.10 Å². The van der Waals surface area contributed by atoms with Crippen LogP contribution in [0.15, 0.2) is 30.3 Å². The quantitative estimate of drug-likeness (QED) is 0.756. The van der Waals surface area contributed by atoms with Crippen molar-refractivity contribution in [2.75, 3.05) is 0 Å². The number of aliphatic hydroxyl groups is 1. The summed E-state index contributed by atoms with van der Waals surface area (Å²) < 4.78 is 0. The summed E-state index contributed by atoms with van der Waals surface area (Å²) in [6.45, 7) is 4.40. The fourth-order valence-corrected chi connectivity index (χ4v) is 1.65. The molecule has 1 aromatic carbocycles. The number of aryl methyl sites for hydroxylation is 1. The van der Waals surface area contributed by atoms with Crippen LogP contribution in [0.1, 0.15) is 38.7 Å². The van der Waals surface area contributed by atoms with Crippen molar-refractivity contribution in [2.45, 2.75) is 45.6 Å². The van der Waals surface area contributed by atoms with Gasteiger partial charge in [0.25, 0.3) is 0 Å². The van der Waals surface area contributed by atoms with Crippen molar-refractivity contribution in [3.63, 3.8) is 0 Å². The molecule has 0 radical (unpaired) electrons. The Morgan fingerprint density at radius 2 is 1.67 bits per heavy atom. The second-order valence-corrected chi connectivity index (χ2v) is 4.65. The molecule has 0 bridgehead atoms. The molecule has 1 rings (SSSR count). The van der Waals surface area contributed by atoms with Crippen molar-refractivity contribution in [1.82, 2.24) is 0 Å². The maximum atomic E-state index is 9.76. The summed E-state index contributed by atoms with van der Waals surface area (Å²) >= 11 is 0. The molecule has 0 saturated carbocycles. The number of aliphatic hydroxyl groups excluding tert-OH is 1. The third-order valence-electron chi connectivity index (χ3n) is 2.69. The molecule has 1 aromatic rings. The summed E-state index contributed by atoms with van der Waals surface area (Å²) in [5, 5.41) is 9.76. The lowest BCUT2D eigenvalue weighted by Crippen LogP contribution is -2.09. The number of hydrogen-bond acceptors (Lipinski definition) is 1. The van der Waals surface area contributed by atoms with E-state index in [0.717, 1.165) is 25.7 Å². The van der Waals surface area contributed by atoms with Gasteiger partial charge in [-0.3, -0.25) is 0 Å². The fourth-order valence-electron chi connectivity index (χ4n) is 1.65. The Balaban J connectivity index is 2.19.